The second-order valence-electron chi connectivity index (χ2n) is 6.07. The Morgan fingerprint density at radius 2 is 1.76 bits per heavy atom. The van der Waals surface area contributed by atoms with Crippen LogP contribution in [-0.2, 0) is 26.3 Å². The zero-order valence-electron chi connectivity index (χ0n) is 14.1. The van der Waals surface area contributed by atoms with Gasteiger partial charge < -0.3 is 4.74 Å². The summed E-state index contributed by atoms with van der Waals surface area (Å²) in [6.07, 6.45) is 1.64. The molecule has 0 saturated carbocycles. The number of sulfone groups is 1. The Balaban J connectivity index is 2.22. The Morgan fingerprint density at radius 3 is 2.40 bits per heavy atom. The van der Waals surface area contributed by atoms with Crippen molar-refractivity contribution in [2.24, 2.45) is 0 Å². The molecule has 1 aliphatic rings. The predicted molar refractivity (Wildman–Crippen MR) is 95.4 cm³/mol. The molecule has 0 radical (unpaired) electrons. The summed E-state index contributed by atoms with van der Waals surface area (Å²) >= 11 is 0. The van der Waals surface area contributed by atoms with Crippen LogP contribution in [-0.4, -0.2) is 36.2 Å². The lowest BCUT2D eigenvalue weighted by Gasteiger charge is -2.25. The molecule has 3 rings (SSSR count). The first-order valence-corrected chi connectivity index (χ1v) is 11.0. The summed E-state index contributed by atoms with van der Waals surface area (Å²) in [5, 5.41) is 0. The van der Waals surface area contributed by atoms with E-state index in [1.807, 2.05) is 19.1 Å². The fraction of sp³-hybridized carbons (Fsp3) is 0.294. The van der Waals surface area contributed by atoms with Crippen LogP contribution in [0.25, 0.3) is 0 Å². The van der Waals surface area contributed by atoms with Crippen LogP contribution in [0.3, 0.4) is 0 Å². The molecule has 0 amide bonds. The summed E-state index contributed by atoms with van der Waals surface area (Å²) in [5.41, 5.74) is 1.55. The largest absolute Gasteiger partial charge is 0.495 e. The maximum absolute atomic E-state index is 13.3. The van der Waals surface area contributed by atoms with Crippen molar-refractivity contribution in [2.45, 2.75) is 29.2 Å². The minimum atomic E-state index is -3.98. The third kappa shape index (κ3) is 3.00. The molecule has 0 N–H and O–H groups in total. The molecule has 134 valence electrons. The highest BCUT2D eigenvalue weighted by Gasteiger charge is 2.37. The molecule has 1 aliphatic heterocycles. The third-order valence-electron chi connectivity index (χ3n) is 4.24. The standard InChI is InChI=1S/C17H19NO5S2/c1-12-10-13-6-4-5-7-15(13)18(12)25(21,22)17-11-14(24(3,19)20)8-9-16(17)23-2/h4-9,11-12H,10H2,1-3H3. The van der Waals surface area contributed by atoms with Crippen LogP contribution < -0.4 is 9.04 Å². The number of anilines is 1. The molecular weight excluding hydrogens is 362 g/mol. The molecule has 0 aromatic heterocycles. The van der Waals surface area contributed by atoms with Gasteiger partial charge in [0.2, 0.25) is 0 Å². The number of fused-ring (bicyclic) bond motifs is 1. The average molecular weight is 381 g/mol. The Kier molecular flexibility index (Phi) is 4.28. The van der Waals surface area contributed by atoms with Gasteiger partial charge in [-0.3, -0.25) is 4.31 Å². The highest BCUT2D eigenvalue weighted by atomic mass is 32.2. The Bertz CT molecular complexity index is 1030. The smallest absolute Gasteiger partial charge is 0.268 e. The van der Waals surface area contributed by atoms with Crippen molar-refractivity contribution in [3.63, 3.8) is 0 Å². The maximum Gasteiger partial charge on any atom is 0.268 e. The third-order valence-corrected chi connectivity index (χ3v) is 7.30. The van der Waals surface area contributed by atoms with Gasteiger partial charge in [-0.1, -0.05) is 18.2 Å². The van der Waals surface area contributed by atoms with Crippen LogP contribution in [0.2, 0.25) is 0 Å². The van der Waals surface area contributed by atoms with Crippen molar-refractivity contribution >= 4 is 25.5 Å². The van der Waals surface area contributed by atoms with E-state index in [0.29, 0.717) is 12.1 Å². The van der Waals surface area contributed by atoms with Crippen molar-refractivity contribution in [2.75, 3.05) is 17.7 Å². The van der Waals surface area contributed by atoms with Gasteiger partial charge in [-0.15, -0.1) is 0 Å². The van der Waals surface area contributed by atoms with Crippen LogP contribution in [0, 0.1) is 0 Å². The Morgan fingerprint density at radius 1 is 1.08 bits per heavy atom. The molecule has 0 bridgehead atoms. The zero-order chi connectivity index (χ0) is 18.4. The van der Waals surface area contributed by atoms with Crippen molar-refractivity contribution in [3.8, 4) is 5.75 Å². The molecule has 2 aromatic carbocycles. The zero-order valence-corrected chi connectivity index (χ0v) is 15.8. The number of benzene rings is 2. The van der Waals surface area contributed by atoms with E-state index < -0.39 is 19.9 Å². The summed E-state index contributed by atoms with van der Waals surface area (Å²) in [6.45, 7) is 1.82. The molecule has 6 nitrogen and oxygen atoms in total. The first-order valence-electron chi connectivity index (χ1n) is 7.66. The quantitative estimate of drug-likeness (QED) is 0.811. The average Bonchev–Trinajstić information content (AvgIpc) is 2.89. The summed E-state index contributed by atoms with van der Waals surface area (Å²) < 4.78 is 56.8. The van der Waals surface area contributed by atoms with Crippen molar-refractivity contribution in [1.29, 1.82) is 0 Å². The number of hydrogen-bond acceptors (Lipinski definition) is 5. The van der Waals surface area contributed by atoms with Gasteiger partial charge in [0.05, 0.1) is 17.7 Å². The van der Waals surface area contributed by atoms with E-state index in [1.54, 1.807) is 12.1 Å². The monoisotopic (exact) mass is 381 g/mol. The number of nitrogens with zero attached hydrogens (tertiary/aromatic N) is 1. The van der Waals surface area contributed by atoms with Crippen LogP contribution in [0.4, 0.5) is 5.69 Å². The van der Waals surface area contributed by atoms with Gasteiger partial charge in [-0.25, -0.2) is 16.8 Å². The van der Waals surface area contributed by atoms with Gasteiger partial charge in [0.15, 0.2) is 9.84 Å². The molecule has 0 spiro atoms. The van der Waals surface area contributed by atoms with E-state index in [9.17, 15) is 16.8 Å². The van der Waals surface area contributed by atoms with Gasteiger partial charge >= 0.3 is 0 Å². The number of para-hydroxylation sites is 1. The lowest BCUT2D eigenvalue weighted by atomic mass is 10.1. The summed E-state index contributed by atoms with van der Waals surface area (Å²) in [6, 6.07) is 10.9. The van der Waals surface area contributed by atoms with Crippen molar-refractivity contribution < 1.29 is 21.6 Å². The van der Waals surface area contributed by atoms with E-state index in [0.717, 1.165) is 17.9 Å². The van der Waals surface area contributed by atoms with E-state index >= 15 is 0 Å². The molecule has 0 aliphatic carbocycles. The molecule has 0 saturated heterocycles. The minimum Gasteiger partial charge on any atom is -0.495 e. The van der Waals surface area contributed by atoms with Gasteiger partial charge in [-0.05, 0) is 43.2 Å². The molecule has 8 heteroatoms. The van der Waals surface area contributed by atoms with Crippen molar-refractivity contribution in [1.82, 2.24) is 0 Å². The second kappa shape index (κ2) is 6.03. The predicted octanol–water partition coefficient (Wildman–Crippen LogP) is 2.24. The fourth-order valence-electron chi connectivity index (χ4n) is 3.10. The number of sulfonamides is 1. The normalized spacial score (nSPS) is 17.4. The van der Waals surface area contributed by atoms with Gasteiger partial charge in [0, 0.05) is 12.3 Å². The van der Waals surface area contributed by atoms with Crippen LogP contribution in [0.15, 0.2) is 52.3 Å². The summed E-state index contributed by atoms with van der Waals surface area (Å²) in [4.78, 5) is -0.214. The highest BCUT2D eigenvalue weighted by Crippen LogP contribution is 2.39. The van der Waals surface area contributed by atoms with Crippen LogP contribution in [0.1, 0.15) is 12.5 Å². The first kappa shape index (κ1) is 17.8. The molecule has 25 heavy (non-hydrogen) atoms. The lowest BCUT2D eigenvalue weighted by molar-refractivity contribution is 0.402. The van der Waals surface area contributed by atoms with E-state index in [1.165, 1.54) is 23.5 Å². The molecule has 1 heterocycles. The van der Waals surface area contributed by atoms with Gasteiger partial charge in [-0.2, -0.15) is 0 Å². The van der Waals surface area contributed by atoms with E-state index in [2.05, 4.69) is 0 Å². The second-order valence-corrected chi connectivity index (χ2v) is 9.87. The molecule has 1 atom stereocenters. The summed E-state index contributed by atoms with van der Waals surface area (Å²) in [5.74, 6) is 0.115. The minimum absolute atomic E-state index is 0.0630. The van der Waals surface area contributed by atoms with Gasteiger partial charge in [0.25, 0.3) is 10.0 Å². The fourth-order valence-corrected chi connectivity index (χ4v) is 5.70. The molecular formula is C17H19NO5S2. The van der Waals surface area contributed by atoms with Crippen LogP contribution >= 0.6 is 0 Å². The lowest BCUT2D eigenvalue weighted by Crippen LogP contribution is -2.36. The Hall–Kier alpha value is -2.06. The number of methoxy groups -OCH3 is 1. The topological polar surface area (TPSA) is 80.8 Å². The molecule has 0 fully saturated rings. The van der Waals surface area contributed by atoms with E-state index in [4.69, 9.17) is 4.74 Å². The van der Waals surface area contributed by atoms with Crippen LogP contribution in [0.5, 0.6) is 5.75 Å². The number of rotatable bonds is 4. The van der Waals surface area contributed by atoms with Crippen molar-refractivity contribution in [3.05, 3.63) is 48.0 Å². The Labute approximate surface area is 148 Å². The maximum atomic E-state index is 13.3. The highest BCUT2D eigenvalue weighted by molar-refractivity contribution is 7.93. The molecule has 1 unspecified atom stereocenters. The molecule has 2 aromatic rings. The van der Waals surface area contributed by atoms with E-state index in [-0.39, 0.29) is 21.6 Å². The summed E-state index contributed by atoms with van der Waals surface area (Å²) in [7, 11) is -6.17. The SMILES string of the molecule is COc1ccc(S(C)(=O)=O)cc1S(=O)(=O)N1c2ccccc2CC1C. The number of hydrogen-bond donors (Lipinski definition) is 0. The number of ether oxygens (including phenoxy) is 1. The first-order chi connectivity index (χ1) is 11.7. The van der Waals surface area contributed by atoms with Gasteiger partial charge in [0.1, 0.15) is 10.6 Å².